The lowest BCUT2D eigenvalue weighted by molar-refractivity contribution is -0.113. The van der Waals surface area contributed by atoms with Gasteiger partial charge in [-0.3, -0.25) is 4.79 Å². The first kappa shape index (κ1) is 30.5. The largest absolute Gasteiger partial charge is 0.494 e. The van der Waals surface area contributed by atoms with Crippen molar-refractivity contribution >= 4 is 40.9 Å². The van der Waals surface area contributed by atoms with Crippen LogP contribution in [0.25, 0.3) is 0 Å². The second-order valence-corrected chi connectivity index (χ2v) is 11.9. The summed E-state index contributed by atoms with van der Waals surface area (Å²) in [5, 5.41) is 12.5. The molecule has 43 heavy (non-hydrogen) atoms. The molecule has 1 aliphatic rings. The van der Waals surface area contributed by atoms with E-state index in [1.807, 2.05) is 86.6 Å². The van der Waals surface area contributed by atoms with Crippen LogP contribution in [-0.4, -0.2) is 33.9 Å². The van der Waals surface area contributed by atoms with E-state index in [1.165, 1.54) is 11.8 Å². The van der Waals surface area contributed by atoms with Gasteiger partial charge in [0.1, 0.15) is 17.5 Å². The van der Waals surface area contributed by atoms with Crippen molar-refractivity contribution < 1.29 is 14.3 Å². The Morgan fingerprint density at radius 2 is 1.81 bits per heavy atom. The first-order valence-electron chi connectivity index (χ1n) is 14.4. The lowest BCUT2D eigenvalue weighted by atomic mass is 9.95. The Balaban J connectivity index is 1.46. The molecule has 0 fully saturated rings. The van der Waals surface area contributed by atoms with Crippen LogP contribution in [0.5, 0.6) is 11.5 Å². The Bertz CT molecular complexity index is 1600. The van der Waals surface area contributed by atoms with E-state index in [-0.39, 0.29) is 5.91 Å². The molecule has 0 saturated heterocycles. The summed E-state index contributed by atoms with van der Waals surface area (Å²) in [4.78, 5) is 18.7. The highest BCUT2D eigenvalue weighted by Gasteiger charge is 2.34. The molecule has 5 rings (SSSR count). The number of carbonyl (C=O) groups is 1. The zero-order valence-electron chi connectivity index (χ0n) is 24.8. The van der Waals surface area contributed by atoms with Crippen LogP contribution in [0.3, 0.4) is 0 Å². The summed E-state index contributed by atoms with van der Waals surface area (Å²) in [6.07, 6.45) is 0.975. The van der Waals surface area contributed by atoms with Gasteiger partial charge in [0.15, 0.2) is 0 Å². The predicted molar refractivity (Wildman–Crippen MR) is 173 cm³/mol. The number of thioether (sulfide) groups is 1. The average Bonchev–Trinajstić information content (AvgIpc) is 3.39. The molecule has 0 saturated carbocycles. The highest BCUT2D eigenvalue weighted by atomic mass is 35.5. The van der Waals surface area contributed by atoms with Gasteiger partial charge >= 0.3 is 0 Å². The number of ether oxygens (including phenoxy) is 2. The van der Waals surface area contributed by atoms with Crippen LogP contribution in [0.15, 0.2) is 89.2 Å². The first-order valence-corrected chi connectivity index (χ1v) is 15.8. The van der Waals surface area contributed by atoms with Crippen LogP contribution in [0.4, 0.5) is 11.6 Å². The standard InChI is InChI=1S/C33H36ClN5O3S/c1-5-41-28-13-9-8-12-27(28)36-31(40)29-22(4)35-32-37-33(43-20-24-10-6-7-11-26(24)34)38-39(32)30(29)23-14-16-25(17-15-23)42-19-18-21(2)3/h6-17,21,30H,5,18-20H2,1-4H3,(H,36,40)(H,35,37,38). The number of allylic oxidation sites excluding steroid dienone is 1. The lowest BCUT2D eigenvalue weighted by Gasteiger charge is -2.29. The molecule has 224 valence electrons. The van der Waals surface area contributed by atoms with Crippen LogP contribution >= 0.6 is 23.4 Å². The second kappa shape index (κ2) is 14.0. The van der Waals surface area contributed by atoms with Crippen molar-refractivity contribution in [2.24, 2.45) is 5.92 Å². The van der Waals surface area contributed by atoms with Crippen molar-refractivity contribution in [2.45, 2.75) is 51.1 Å². The Morgan fingerprint density at radius 1 is 1.07 bits per heavy atom. The van der Waals surface area contributed by atoms with Gasteiger partial charge in [-0.25, -0.2) is 4.68 Å². The van der Waals surface area contributed by atoms with Crippen molar-refractivity contribution in [3.8, 4) is 11.5 Å². The SMILES string of the molecule is CCOc1ccccc1NC(=O)C1=C(C)Nc2nc(SCc3ccccc3Cl)nn2C1c1ccc(OCCC(C)C)cc1. The van der Waals surface area contributed by atoms with Crippen LogP contribution in [-0.2, 0) is 10.5 Å². The molecule has 1 amide bonds. The normalized spacial score (nSPS) is 14.3. The van der Waals surface area contributed by atoms with Gasteiger partial charge in [0.05, 0.1) is 24.5 Å². The maximum absolute atomic E-state index is 14.0. The van der Waals surface area contributed by atoms with Crippen LogP contribution in [0, 0.1) is 5.92 Å². The number of hydrogen-bond acceptors (Lipinski definition) is 7. The third-order valence-electron chi connectivity index (χ3n) is 6.99. The van der Waals surface area contributed by atoms with Gasteiger partial charge in [-0.1, -0.05) is 79.7 Å². The maximum atomic E-state index is 14.0. The molecule has 2 heterocycles. The van der Waals surface area contributed by atoms with Crippen LogP contribution in [0.2, 0.25) is 5.02 Å². The molecule has 0 aliphatic carbocycles. The molecule has 4 aromatic rings. The fourth-order valence-corrected chi connectivity index (χ4v) is 5.87. The number of nitrogens with one attached hydrogen (secondary N) is 2. The molecular weight excluding hydrogens is 582 g/mol. The number of nitrogens with zero attached hydrogens (tertiary/aromatic N) is 3. The summed E-state index contributed by atoms with van der Waals surface area (Å²) in [6, 6.07) is 22.5. The van der Waals surface area contributed by atoms with Crippen molar-refractivity contribution in [3.05, 3.63) is 100 Å². The van der Waals surface area contributed by atoms with E-state index in [4.69, 9.17) is 31.2 Å². The van der Waals surface area contributed by atoms with Crippen molar-refractivity contribution in [1.29, 1.82) is 0 Å². The van der Waals surface area contributed by atoms with Gasteiger partial charge in [0.2, 0.25) is 11.1 Å². The summed E-state index contributed by atoms with van der Waals surface area (Å²) in [5.41, 5.74) is 3.70. The average molecular weight is 618 g/mol. The summed E-state index contributed by atoms with van der Waals surface area (Å²) in [7, 11) is 0. The summed E-state index contributed by atoms with van der Waals surface area (Å²) in [5.74, 6) is 2.87. The Morgan fingerprint density at radius 3 is 2.56 bits per heavy atom. The molecule has 0 radical (unpaired) electrons. The zero-order chi connectivity index (χ0) is 30.3. The second-order valence-electron chi connectivity index (χ2n) is 10.6. The summed E-state index contributed by atoms with van der Waals surface area (Å²) < 4.78 is 13.5. The van der Waals surface area contributed by atoms with Gasteiger partial charge < -0.3 is 20.1 Å². The minimum Gasteiger partial charge on any atom is -0.494 e. The molecule has 8 nitrogen and oxygen atoms in total. The predicted octanol–water partition coefficient (Wildman–Crippen LogP) is 7.98. The van der Waals surface area contributed by atoms with Crippen LogP contribution in [0.1, 0.15) is 51.3 Å². The molecule has 1 atom stereocenters. The Kier molecular flexibility index (Phi) is 9.94. The maximum Gasteiger partial charge on any atom is 0.255 e. The quantitative estimate of drug-likeness (QED) is 0.156. The number of benzene rings is 3. The van der Waals surface area contributed by atoms with E-state index in [0.717, 1.165) is 23.3 Å². The molecule has 1 aliphatic heterocycles. The molecule has 0 bridgehead atoms. The smallest absolute Gasteiger partial charge is 0.255 e. The zero-order valence-corrected chi connectivity index (χ0v) is 26.3. The number of fused-ring (bicyclic) bond motifs is 1. The van der Waals surface area contributed by atoms with Gasteiger partial charge in [-0.15, -0.1) is 5.10 Å². The highest BCUT2D eigenvalue weighted by Crippen LogP contribution is 2.38. The van der Waals surface area contributed by atoms with Crippen molar-refractivity contribution in [3.63, 3.8) is 0 Å². The Hall–Kier alpha value is -3.95. The molecule has 1 unspecified atom stereocenters. The van der Waals surface area contributed by atoms with Crippen LogP contribution < -0.4 is 20.1 Å². The van der Waals surface area contributed by atoms with Crippen molar-refractivity contribution in [1.82, 2.24) is 14.8 Å². The minimum atomic E-state index is -0.526. The van der Waals surface area contributed by atoms with Crippen molar-refractivity contribution in [2.75, 3.05) is 23.8 Å². The van der Waals surface area contributed by atoms with Gasteiger partial charge in [0.25, 0.3) is 5.91 Å². The van der Waals surface area contributed by atoms with Gasteiger partial charge in [0, 0.05) is 16.5 Å². The molecule has 10 heteroatoms. The highest BCUT2D eigenvalue weighted by molar-refractivity contribution is 7.98. The number of halogens is 1. The monoisotopic (exact) mass is 617 g/mol. The summed E-state index contributed by atoms with van der Waals surface area (Å²) >= 11 is 7.87. The summed E-state index contributed by atoms with van der Waals surface area (Å²) in [6.45, 7) is 9.28. The molecule has 1 aromatic heterocycles. The third kappa shape index (κ3) is 7.35. The van der Waals surface area contributed by atoms with Gasteiger partial charge in [-0.2, -0.15) is 4.98 Å². The number of rotatable bonds is 12. The number of amides is 1. The van der Waals surface area contributed by atoms with E-state index in [1.54, 1.807) is 4.68 Å². The van der Waals surface area contributed by atoms with E-state index in [9.17, 15) is 4.79 Å². The first-order chi connectivity index (χ1) is 20.8. The number of para-hydroxylation sites is 2. The number of aromatic nitrogens is 3. The van der Waals surface area contributed by atoms with E-state index < -0.39 is 6.04 Å². The van der Waals surface area contributed by atoms with Gasteiger partial charge in [-0.05, 0) is 67.6 Å². The molecule has 2 N–H and O–H groups in total. The molecule has 0 spiro atoms. The number of carbonyl (C=O) groups excluding carboxylic acids is 1. The molecular formula is C33H36ClN5O3S. The fourth-order valence-electron chi connectivity index (χ4n) is 4.75. The minimum absolute atomic E-state index is 0.258. The molecule has 3 aromatic carbocycles. The van der Waals surface area contributed by atoms with E-state index >= 15 is 0 Å². The number of hydrogen-bond donors (Lipinski definition) is 2. The van der Waals surface area contributed by atoms with E-state index in [0.29, 0.717) is 63.7 Å². The third-order valence-corrected chi connectivity index (χ3v) is 8.24. The number of anilines is 2. The lowest BCUT2D eigenvalue weighted by Crippen LogP contribution is -2.31. The fraction of sp³-hybridized carbons (Fsp3) is 0.303. The topological polar surface area (TPSA) is 90.3 Å². The Labute approximate surface area is 261 Å². The van der Waals surface area contributed by atoms with E-state index in [2.05, 4.69) is 24.5 Å².